The smallest absolute Gasteiger partial charge is 0.395 e. The summed E-state index contributed by atoms with van der Waals surface area (Å²) in [5, 5.41) is 25.5. The largest absolute Gasteiger partial charge is 0.445 e. The van der Waals surface area contributed by atoms with Crippen molar-refractivity contribution in [2.24, 2.45) is 0 Å². The topological polar surface area (TPSA) is 128 Å². The van der Waals surface area contributed by atoms with Crippen LogP contribution in [0.1, 0.15) is 77.6 Å². The van der Waals surface area contributed by atoms with E-state index in [0.717, 1.165) is 25.5 Å². The van der Waals surface area contributed by atoms with Crippen molar-refractivity contribution in [2.45, 2.75) is 77.6 Å². The molecule has 0 saturated carbocycles. The first-order valence-electron chi connectivity index (χ1n) is 10.8. The zero-order chi connectivity index (χ0) is 22.2. The lowest BCUT2D eigenvalue weighted by molar-refractivity contribution is 0.136. The van der Waals surface area contributed by atoms with Crippen LogP contribution in [0, 0.1) is 0 Å². The Morgan fingerprint density at radius 1 is 0.759 bits per heavy atom. The van der Waals surface area contributed by atoms with Crippen LogP contribution in [0.15, 0.2) is 12.3 Å². The minimum Gasteiger partial charge on any atom is -0.395 e. The molecule has 0 aliphatic rings. The maximum Gasteiger partial charge on any atom is 0.445 e. The second-order valence-corrected chi connectivity index (χ2v) is 7.93. The fourth-order valence-corrected chi connectivity index (χ4v) is 2.91. The highest BCUT2D eigenvalue weighted by atomic mass is 32.3. The first-order valence-corrected chi connectivity index (χ1v) is 12.1. The second kappa shape index (κ2) is 23.6. The van der Waals surface area contributed by atoms with Gasteiger partial charge in [0.15, 0.2) is 0 Å². The summed E-state index contributed by atoms with van der Waals surface area (Å²) in [7, 11) is -4.33. The minimum atomic E-state index is -4.33. The Labute approximate surface area is 177 Å². The van der Waals surface area contributed by atoms with Gasteiger partial charge in [0.05, 0.1) is 19.8 Å². The predicted molar refractivity (Wildman–Crippen MR) is 116 cm³/mol. The molecule has 9 heteroatoms. The van der Waals surface area contributed by atoms with Crippen LogP contribution in [-0.4, -0.2) is 72.6 Å². The number of hydrogen-bond acceptors (Lipinski definition) is 7. The van der Waals surface area contributed by atoms with Crippen LogP contribution < -0.4 is 0 Å². The van der Waals surface area contributed by atoms with Crippen LogP contribution in [0.2, 0.25) is 0 Å². The lowest BCUT2D eigenvalue weighted by atomic mass is 10.1. The van der Waals surface area contributed by atoms with E-state index in [0.29, 0.717) is 19.6 Å². The molecule has 0 aromatic carbocycles. The maximum absolute atomic E-state index is 10.2. The maximum atomic E-state index is 10.2. The van der Waals surface area contributed by atoms with E-state index >= 15 is 0 Å². The third kappa shape index (κ3) is 29.6. The molecular formula is C20H43NO7S. The van der Waals surface area contributed by atoms with Crippen molar-refractivity contribution in [1.82, 2.24) is 4.90 Å². The van der Waals surface area contributed by atoms with Crippen molar-refractivity contribution in [3.05, 3.63) is 12.3 Å². The molecule has 0 radical (unpaired) electrons. The molecule has 8 nitrogen and oxygen atoms in total. The van der Waals surface area contributed by atoms with Gasteiger partial charge in [0, 0.05) is 19.6 Å². The fraction of sp³-hybridized carbons (Fsp3) is 0.900. The molecule has 0 heterocycles. The Morgan fingerprint density at radius 3 is 1.55 bits per heavy atom. The van der Waals surface area contributed by atoms with Crippen molar-refractivity contribution >= 4 is 10.4 Å². The van der Waals surface area contributed by atoms with Crippen molar-refractivity contribution in [3.8, 4) is 0 Å². The highest BCUT2D eigenvalue weighted by molar-refractivity contribution is 7.81. The molecule has 0 atom stereocenters. The van der Waals surface area contributed by atoms with E-state index in [2.05, 4.69) is 11.1 Å². The van der Waals surface area contributed by atoms with Gasteiger partial charge in [0.25, 0.3) is 0 Å². The highest BCUT2D eigenvalue weighted by Crippen LogP contribution is 2.11. The molecule has 0 saturated heterocycles. The molecule has 0 fully saturated rings. The van der Waals surface area contributed by atoms with Gasteiger partial charge < -0.3 is 19.5 Å². The first kappa shape index (κ1) is 30.5. The summed E-state index contributed by atoms with van der Waals surface area (Å²) in [5.41, 5.74) is 0. The van der Waals surface area contributed by atoms with Crippen LogP contribution in [0.4, 0.5) is 0 Å². The Morgan fingerprint density at radius 2 is 1.17 bits per heavy atom. The summed E-state index contributed by atoms with van der Waals surface area (Å²) in [5.74, 6) is 0. The monoisotopic (exact) mass is 441 g/mol. The van der Waals surface area contributed by atoms with E-state index in [-0.39, 0.29) is 19.8 Å². The molecule has 0 bridgehead atoms. The quantitative estimate of drug-likeness (QED) is 0.137. The van der Waals surface area contributed by atoms with Crippen LogP contribution in [0.3, 0.4) is 0 Å². The zero-order valence-corrected chi connectivity index (χ0v) is 18.9. The van der Waals surface area contributed by atoms with Crippen molar-refractivity contribution < 1.29 is 32.5 Å². The predicted octanol–water partition coefficient (Wildman–Crippen LogP) is 2.90. The van der Waals surface area contributed by atoms with Crippen LogP contribution in [0.25, 0.3) is 0 Å². The molecule has 0 spiro atoms. The molecule has 0 aromatic heterocycles. The lowest BCUT2D eigenvalue weighted by Gasteiger charge is -2.17. The number of rotatable bonds is 19. The molecule has 0 aromatic rings. The van der Waals surface area contributed by atoms with Crippen molar-refractivity contribution in [2.75, 3.05) is 39.5 Å². The molecule has 0 unspecified atom stereocenters. The Hall–Kier alpha value is -0.710. The van der Waals surface area contributed by atoms with Gasteiger partial charge in [-0.1, -0.05) is 64.7 Å². The Balaban J connectivity index is 0. The van der Waals surface area contributed by atoms with Crippen LogP contribution in [0.5, 0.6) is 0 Å². The molecule has 29 heavy (non-hydrogen) atoms. The van der Waals surface area contributed by atoms with Gasteiger partial charge in [-0.2, -0.15) is 8.42 Å². The van der Waals surface area contributed by atoms with Crippen LogP contribution in [-0.2, 0) is 14.6 Å². The third-order valence-corrected chi connectivity index (χ3v) is 4.60. The molecule has 0 aliphatic carbocycles. The van der Waals surface area contributed by atoms with Gasteiger partial charge in [-0.25, -0.2) is 0 Å². The van der Waals surface area contributed by atoms with E-state index in [1.165, 1.54) is 51.4 Å². The van der Waals surface area contributed by atoms with Gasteiger partial charge in [0.1, 0.15) is 6.26 Å². The standard InChI is InChI=1S/C14H28O4S.C6H15NO3/c1-2-3-4-5-6-7-8-9-10-11-12-13-14-18-19(15,16)17;8-4-1-7(2-5-9)3-6-10/h13-14H,2-12H2,1H3,(H,15,16,17);8-10H,1-6H2/b14-13+;. The van der Waals surface area contributed by atoms with E-state index in [1.807, 2.05) is 0 Å². The minimum absolute atomic E-state index is 0.0694. The average Bonchev–Trinajstić information content (AvgIpc) is 2.66. The fourth-order valence-electron chi connectivity index (χ4n) is 2.69. The lowest BCUT2D eigenvalue weighted by Crippen LogP contribution is -2.32. The molecule has 0 aliphatic heterocycles. The van der Waals surface area contributed by atoms with Gasteiger partial charge in [-0.3, -0.25) is 9.45 Å². The molecule has 0 rings (SSSR count). The van der Waals surface area contributed by atoms with Gasteiger partial charge in [0.2, 0.25) is 0 Å². The number of nitrogens with zero attached hydrogens (tertiary/aromatic N) is 1. The summed E-state index contributed by atoms with van der Waals surface area (Å²) >= 11 is 0. The SMILES string of the molecule is CCCCCCCCCCCC/C=C/OS(=O)(=O)O.OCCN(CCO)CCO. The molecular weight excluding hydrogens is 398 g/mol. The second-order valence-electron chi connectivity index (χ2n) is 6.88. The number of unbranched alkanes of at least 4 members (excludes halogenated alkanes) is 10. The molecule has 0 amide bonds. The first-order chi connectivity index (χ1) is 13.9. The zero-order valence-electron chi connectivity index (χ0n) is 18.0. The average molecular weight is 442 g/mol. The van der Waals surface area contributed by atoms with Crippen molar-refractivity contribution in [3.63, 3.8) is 0 Å². The Bertz CT molecular complexity index is 430. The van der Waals surface area contributed by atoms with E-state index < -0.39 is 10.4 Å². The van der Waals surface area contributed by atoms with Crippen LogP contribution >= 0.6 is 0 Å². The summed E-state index contributed by atoms with van der Waals surface area (Å²) in [6.07, 6.45) is 16.2. The molecule has 4 N–H and O–H groups in total. The normalized spacial score (nSPS) is 11.7. The van der Waals surface area contributed by atoms with E-state index in [4.69, 9.17) is 19.9 Å². The van der Waals surface area contributed by atoms with Gasteiger partial charge >= 0.3 is 10.4 Å². The summed E-state index contributed by atoms with van der Waals surface area (Å²) in [4.78, 5) is 1.79. The summed E-state index contributed by atoms with van der Waals surface area (Å²) < 4.78 is 32.8. The summed E-state index contributed by atoms with van der Waals surface area (Å²) in [6.45, 7) is 3.98. The van der Waals surface area contributed by atoms with Gasteiger partial charge in [-0.05, 0) is 18.9 Å². The number of allylic oxidation sites excluding steroid dienone is 1. The number of hydrogen-bond donors (Lipinski definition) is 4. The highest BCUT2D eigenvalue weighted by Gasteiger charge is 2.00. The van der Waals surface area contributed by atoms with Gasteiger partial charge in [-0.15, -0.1) is 0 Å². The Kier molecular flexibility index (Phi) is 24.8. The number of aliphatic hydroxyl groups excluding tert-OH is 3. The number of aliphatic hydroxyl groups is 3. The summed E-state index contributed by atoms with van der Waals surface area (Å²) in [6, 6.07) is 0. The third-order valence-electron chi connectivity index (χ3n) is 4.25. The van der Waals surface area contributed by atoms with E-state index in [1.54, 1.807) is 11.0 Å². The van der Waals surface area contributed by atoms with Crippen molar-refractivity contribution in [1.29, 1.82) is 0 Å². The van der Waals surface area contributed by atoms with E-state index in [9.17, 15) is 8.42 Å². The molecule has 176 valence electrons.